The monoisotopic (exact) mass is 447 g/mol. The predicted octanol–water partition coefficient (Wildman–Crippen LogP) is 5.51. The molecule has 0 spiro atoms. The van der Waals surface area contributed by atoms with E-state index in [-0.39, 0.29) is 6.04 Å². The topological polar surface area (TPSA) is 44.3 Å². The van der Waals surface area contributed by atoms with Crippen molar-refractivity contribution in [3.8, 4) is 0 Å². The third kappa shape index (κ3) is 5.01. The van der Waals surface area contributed by atoms with E-state index in [1.807, 2.05) is 18.3 Å². The number of benzene rings is 1. The van der Waals surface area contributed by atoms with Crippen molar-refractivity contribution < 1.29 is 0 Å². The average Bonchev–Trinajstić information content (AvgIpc) is 2.68. The first-order chi connectivity index (χ1) is 14.5. The molecule has 7 heteroatoms. The standard InChI is InChI=1S/C23H31Cl2N5/c1-3-8-29-9-4-5-17(13-29)18-14-30(15-18)23-12-26-11-22(28-23)27-16(2)20-7-6-19(24)10-21(20)25/h6-7,10-12,16-18H,3-5,8-9,13-15H2,1-2H3,(H,27,28)/t16-,17-/m1/s1. The fourth-order valence-corrected chi connectivity index (χ4v) is 5.30. The van der Waals surface area contributed by atoms with Crippen molar-refractivity contribution in [1.29, 1.82) is 0 Å². The Morgan fingerprint density at radius 2 is 2.00 bits per heavy atom. The molecular weight excluding hydrogens is 417 g/mol. The molecule has 3 heterocycles. The van der Waals surface area contributed by atoms with Gasteiger partial charge in [0.25, 0.3) is 0 Å². The van der Waals surface area contributed by atoms with E-state index >= 15 is 0 Å². The summed E-state index contributed by atoms with van der Waals surface area (Å²) in [4.78, 5) is 14.2. The lowest BCUT2D eigenvalue weighted by molar-refractivity contribution is 0.120. The third-order valence-corrected chi connectivity index (χ3v) is 6.96. The molecule has 2 aromatic rings. The lowest BCUT2D eigenvalue weighted by Crippen LogP contribution is -2.53. The number of hydrogen-bond donors (Lipinski definition) is 1. The van der Waals surface area contributed by atoms with Gasteiger partial charge in [-0.25, -0.2) is 4.98 Å². The summed E-state index contributed by atoms with van der Waals surface area (Å²) in [5, 5.41) is 4.72. The number of rotatable bonds is 7. The number of anilines is 2. The summed E-state index contributed by atoms with van der Waals surface area (Å²) in [5.41, 5.74) is 0.992. The minimum absolute atomic E-state index is 0.00948. The molecule has 1 N–H and O–H groups in total. The van der Waals surface area contributed by atoms with Crippen LogP contribution in [0.3, 0.4) is 0 Å². The second kappa shape index (κ2) is 9.71. The zero-order valence-electron chi connectivity index (χ0n) is 17.8. The maximum atomic E-state index is 6.35. The lowest BCUT2D eigenvalue weighted by atomic mass is 9.80. The smallest absolute Gasteiger partial charge is 0.149 e. The Labute approximate surface area is 189 Å². The number of halogens is 2. The lowest BCUT2D eigenvalue weighted by Gasteiger charge is -2.47. The number of aromatic nitrogens is 2. The molecule has 1 aromatic heterocycles. The van der Waals surface area contributed by atoms with Crippen LogP contribution in [0.4, 0.5) is 11.6 Å². The van der Waals surface area contributed by atoms with Crippen LogP contribution in [0, 0.1) is 11.8 Å². The van der Waals surface area contributed by atoms with E-state index in [1.54, 1.807) is 12.3 Å². The second-order valence-corrected chi connectivity index (χ2v) is 9.51. The summed E-state index contributed by atoms with van der Waals surface area (Å²) in [6.45, 7) is 10.3. The molecule has 1 aromatic carbocycles. The van der Waals surface area contributed by atoms with E-state index in [9.17, 15) is 0 Å². The number of likely N-dealkylation sites (tertiary alicyclic amines) is 1. The highest BCUT2D eigenvalue weighted by Crippen LogP contribution is 2.34. The van der Waals surface area contributed by atoms with E-state index in [0.717, 1.165) is 42.1 Å². The van der Waals surface area contributed by atoms with Gasteiger partial charge in [0.05, 0.1) is 18.4 Å². The molecule has 0 bridgehead atoms. The molecule has 4 rings (SSSR count). The summed E-state index contributed by atoms with van der Waals surface area (Å²) in [7, 11) is 0. The molecule has 2 aliphatic heterocycles. The van der Waals surface area contributed by atoms with Crippen LogP contribution in [0.25, 0.3) is 0 Å². The van der Waals surface area contributed by atoms with Crippen LogP contribution in [-0.2, 0) is 0 Å². The van der Waals surface area contributed by atoms with Crippen LogP contribution in [0.1, 0.15) is 44.7 Å². The Bertz CT molecular complexity index is 853. The Morgan fingerprint density at radius 1 is 1.17 bits per heavy atom. The molecule has 2 atom stereocenters. The van der Waals surface area contributed by atoms with Crippen molar-refractivity contribution in [2.24, 2.45) is 11.8 Å². The van der Waals surface area contributed by atoms with Gasteiger partial charge in [-0.1, -0.05) is 36.2 Å². The molecule has 30 heavy (non-hydrogen) atoms. The fraction of sp³-hybridized carbons (Fsp3) is 0.565. The Balaban J connectivity index is 1.34. The molecule has 0 radical (unpaired) electrons. The summed E-state index contributed by atoms with van der Waals surface area (Å²) in [5.74, 6) is 3.31. The molecule has 5 nitrogen and oxygen atoms in total. The molecule has 0 amide bonds. The molecule has 0 aliphatic carbocycles. The van der Waals surface area contributed by atoms with Crippen LogP contribution in [0.2, 0.25) is 10.0 Å². The van der Waals surface area contributed by atoms with E-state index in [2.05, 4.69) is 33.9 Å². The van der Waals surface area contributed by atoms with Crippen LogP contribution in [0.5, 0.6) is 0 Å². The van der Waals surface area contributed by atoms with Gasteiger partial charge in [0.15, 0.2) is 0 Å². The van der Waals surface area contributed by atoms with Gasteiger partial charge >= 0.3 is 0 Å². The van der Waals surface area contributed by atoms with Gasteiger partial charge < -0.3 is 15.1 Å². The molecule has 2 saturated heterocycles. The minimum atomic E-state index is 0.00948. The minimum Gasteiger partial charge on any atom is -0.362 e. The van der Waals surface area contributed by atoms with Crippen LogP contribution in [0.15, 0.2) is 30.6 Å². The Morgan fingerprint density at radius 3 is 2.77 bits per heavy atom. The molecule has 0 saturated carbocycles. The maximum absolute atomic E-state index is 6.35. The maximum Gasteiger partial charge on any atom is 0.149 e. The zero-order valence-corrected chi connectivity index (χ0v) is 19.3. The Kier molecular flexibility index (Phi) is 7.01. The van der Waals surface area contributed by atoms with Gasteiger partial charge in [-0.15, -0.1) is 0 Å². The molecule has 2 aliphatic rings. The van der Waals surface area contributed by atoms with E-state index in [1.165, 1.54) is 38.9 Å². The van der Waals surface area contributed by atoms with Gasteiger partial charge in [0.1, 0.15) is 11.6 Å². The Hall–Kier alpha value is -1.56. The van der Waals surface area contributed by atoms with Crippen molar-refractivity contribution in [2.75, 3.05) is 42.9 Å². The highest BCUT2D eigenvalue weighted by Gasteiger charge is 2.36. The number of hydrogen-bond acceptors (Lipinski definition) is 5. The highest BCUT2D eigenvalue weighted by atomic mass is 35.5. The normalized spacial score (nSPS) is 21.3. The average molecular weight is 448 g/mol. The van der Waals surface area contributed by atoms with Crippen molar-refractivity contribution in [2.45, 2.75) is 39.2 Å². The van der Waals surface area contributed by atoms with Crippen LogP contribution < -0.4 is 10.2 Å². The van der Waals surface area contributed by atoms with Gasteiger partial charge in [-0.05, 0) is 68.8 Å². The first-order valence-electron chi connectivity index (χ1n) is 11.0. The number of nitrogens with one attached hydrogen (secondary N) is 1. The van der Waals surface area contributed by atoms with E-state index in [0.29, 0.717) is 10.0 Å². The van der Waals surface area contributed by atoms with Crippen molar-refractivity contribution in [3.63, 3.8) is 0 Å². The number of piperidine rings is 1. The predicted molar refractivity (Wildman–Crippen MR) is 126 cm³/mol. The molecule has 162 valence electrons. The summed E-state index contributed by atoms with van der Waals surface area (Å²) < 4.78 is 0. The van der Waals surface area contributed by atoms with Crippen LogP contribution >= 0.6 is 23.2 Å². The molecule has 0 unspecified atom stereocenters. The fourth-order valence-electron chi connectivity index (χ4n) is 4.72. The first-order valence-corrected chi connectivity index (χ1v) is 11.8. The van der Waals surface area contributed by atoms with E-state index < -0.39 is 0 Å². The highest BCUT2D eigenvalue weighted by molar-refractivity contribution is 6.35. The van der Waals surface area contributed by atoms with Crippen molar-refractivity contribution in [1.82, 2.24) is 14.9 Å². The van der Waals surface area contributed by atoms with Gasteiger partial charge in [-0.2, -0.15) is 0 Å². The zero-order chi connectivity index (χ0) is 21.1. The van der Waals surface area contributed by atoms with Crippen LogP contribution in [-0.4, -0.2) is 47.6 Å². The van der Waals surface area contributed by atoms with Gasteiger partial charge in [0.2, 0.25) is 0 Å². The SMILES string of the molecule is CCCN1CCC[C@@H](C2CN(c3cncc(N[C@H](C)c4ccc(Cl)cc4Cl)n3)C2)C1. The van der Waals surface area contributed by atoms with Gasteiger partial charge in [-0.3, -0.25) is 4.98 Å². The quantitative estimate of drug-likeness (QED) is 0.605. The molecule has 2 fully saturated rings. The summed E-state index contributed by atoms with van der Waals surface area (Å²) in [6, 6.07) is 5.59. The van der Waals surface area contributed by atoms with Crippen molar-refractivity contribution >= 4 is 34.8 Å². The first kappa shape index (κ1) is 21.7. The largest absolute Gasteiger partial charge is 0.362 e. The molecular formula is C23H31Cl2N5. The van der Waals surface area contributed by atoms with E-state index in [4.69, 9.17) is 28.2 Å². The third-order valence-electron chi connectivity index (χ3n) is 6.40. The van der Waals surface area contributed by atoms with Crippen molar-refractivity contribution in [3.05, 3.63) is 46.2 Å². The van der Waals surface area contributed by atoms with Gasteiger partial charge in [0, 0.05) is 29.7 Å². The number of nitrogens with zero attached hydrogens (tertiary/aromatic N) is 4. The summed E-state index contributed by atoms with van der Waals surface area (Å²) >= 11 is 12.4. The summed E-state index contributed by atoms with van der Waals surface area (Å²) in [6.07, 6.45) is 7.59. The second-order valence-electron chi connectivity index (χ2n) is 8.66.